The van der Waals surface area contributed by atoms with E-state index in [9.17, 15) is 18.8 Å². The zero-order chi connectivity index (χ0) is 21.1. The number of ether oxygens (including phenoxy) is 1. The third kappa shape index (κ3) is 4.26. The highest BCUT2D eigenvalue weighted by Gasteiger charge is 2.15. The Morgan fingerprint density at radius 1 is 1.13 bits per heavy atom. The molecule has 4 aromatic rings. The predicted octanol–water partition coefficient (Wildman–Crippen LogP) is 3.59. The first-order valence-electron chi connectivity index (χ1n) is 8.80. The van der Waals surface area contributed by atoms with Gasteiger partial charge in [-0.2, -0.15) is 0 Å². The molecule has 150 valence electrons. The second-order valence-corrected chi connectivity index (χ2v) is 7.12. The van der Waals surface area contributed by atoms with Crippen molar-refractivity contribution in [3.8, 4) is 11.3 Å². The summed E-state index contributed by atoms with van der Waals surface area (Å²) in [4.78, 5) is 43.2. The van der Waals surface area contributed by atoms with Crippen molar-refractivity contribution >= 4 is 39.2 Å². The van der Waals surface area contributed by atoms with E-state index in [2.05, 4.69) is 15.3 Å². The van der Waals surface area contributed by atoms with E-state index in [1.807, 2.05) is 0 Å². The van der Waals surface area contributed by atoms with Gasteiger partial charge in [0, 0.05) is 27.9 Å². The summed E-state index contributed by atoms with van der Waals surface area (Å²) in [6.07, 6.45) is 0. The first-order valence-corrected chi connectivity index (χ1v) is 9.68. The molecule has 2 aromatic heterocycles. The summed E-state index contributed by atoms with van der Waals surface area (Å²) < 4.78 is 18.1. The number of fused-ring (bicyclic) bond motifs is 1. The van der Waals surface area contributed by atoms with Crippen LogP contribution in [0.2, 0.25) is 0 Å². The molecule has 0 unspecified atom stereocenters. The summed E-state index contributed by atoms with van der Waals surface area (Å²) >= 11 is 1.19. The molecule has 2 heterocycles. The molecule has 4 rings (SSSR count). The standard InChI is InChI=1S/C21H14FN3O4S/c22-13-7-5-12(6-8-13)17-11-30-21(24-17)25-19(27)10-29-20(28)15-9-18(26)23-16-4-2-1-3-14(15)16/h1-9,11H,10H2,(H,23,26)(H,24,25,27). The Hall–Kier alpha value is -3.85. The summed E-state index contributed by atoms with van der Waals surface area (Å²) in [6, 6.07) is 13.8. The van der Waals surface area contributed by atoms with Gasteiger partial charge >= 0.3 is 5.97 Å². The van der Waals surface area contributed by atoms with Crippen LogP contribution in [-0.4, -0.2) is 28.5 Å². The minimum Gasteiger partial charge on any atom is -0.452 e. The van der Waals surface area contributed by atoms with Gasteiger partial charge < -0.3 is 9.72 Å². The SMILES string of the molecule is O=C(COC(=O)c1cc(=O)[nH]c2ccccc12)Nc1nc(-c2ccc(F)cc2)cs1. The number of pyridine rings is 1. The largest absolute Gasteiger partial charge is 0.452 e. The summed E-state index contributed by atoms with van der Waals surface area (Å²) in [5.74, 6) is -1.70. The normalized spacial score (nSPS) is 10.7. The Labute approximate surface area is 173 Å². The number of aromatic amines is 1. The number of H-pyrrole nitrogens is 1. The number of esters is 1. The number of para-hydroxylation sites is 1. The van der Waals surface area contributed by atoms with Gasteiger partial charge in [0.15, 0.2) is 11.7 Å². The summed E-state index contributed by atoms with van der Waals surface area (Å²) in [5, 5.41) is 5.10. The number of nitrogens with zero attached hydrogens (tertiary/aromatic N) is 1. The van der Waals surface area contributed by atoms with Crippen molar-refractivity contribution in [1.29, 1.82) is 0 Å². The minimum atomic E-state index is -0.779. The maximum absolute atomic E-state index is 13.0. The van der Waals surface area contributed by atoms with Crippen LogP contribution in [0.5, 0.6) is 0 Å². The molecular weight excluding hydrogens is 409 g/mol. The summed E-state index contributed by atoms with van der Waals surface area (Å²) in [7, 11) is 0. The van der Waals surface area contributed by atoms with Crippen LogP contribution in [0.4, 0.5) is 9.52 Å². The molecule has 30 heavy (non-hydrogen) atoms. The second kappa shape index (κ2) is 8.26. The van der Waals surface area contributed by atoms with Crippen molar-refractivity contribution in [3.05, 3.63) is 81.7 Å². The number of hydrogen-bond acceptors (Lipinski definition) is 6. The number of carbonyl (C=O) groups is 2. The van der Waals surface area contributed by atoms with Gasteiger partial charge in [0.1, 0.15) is 5.82 Å². The van der Waals surface area contributed by atoms with E-state index in [1.54, 1.807) is 41.8 Å². The fraction of sp³-hybridized carbons (Fsp3) is 0.0476. The predicted molar refractivity (Wildman–Crippen MR) is 111 cm³/mol. The average Bonchev–Trinajstić information content (AvgIpc) is 3.20. The topological polar surface area (TPSA) is 101 Å². The first kappa shape index (κ1) is 19.5. The van der Waals surface area contributed by atoms with Crippen molar-refractivity contribution in [1.82, 2.24) is 9.97 Å². The lowest BCUT2D eigenvalue weighted by atomic mass is 10.1. The number of anilines is 1. The molecule has 9 heteroatoms. The third-order valence-corrected chi connectivity index (χ3v) is 4.95. The zero-order valence-corrected chi connectivity index (χ0v) is 16.2. The molecule has 0 bridgehead atoms. The van der Waals surface area contributed by atoms with Crippen molar-refractivity contribution in [3.63, 3.8) is 0 Å². The molecule has 0 aliphatic heterocycles. The molecular formula is C21H14FN3O4S. The molecule has 0 atom stereocenters. The molecule has 0 aliphatic carbocycles. The van der Waals surface area contributed by atoms with E-state index in [-0.39, 0.29) is 11.4 Å². The van der Waals surface area contributed by atoms with Crippen LogP contribution in [0.25, 0.3) is 22.2 Å². The molecule has 0 saturated carbocycles. The van der Waals surface area contributed by atoms with Crippen molar-refractivity contribution in [2.75, 3.05) is 11.9 Å². The van der Waals surface area contributed by atoms with Gasteiger partial charge in [-0.3, -0.25) is 14.9 Å². The monoisotopic (exact) mass is 423 g/mol. The Balaban J connectivity index is 1.40. The zero-order valence-electron chi connectivity index (χ0n) is 15.3. The highest BCUT2D eigenvalue weighted by Crippen LogP contribution is 2.25. The lowest BCUT2D eigenvalue weighted by molar-refractivity contribution is -0.119. The Kier molecular flexibility index (Phi) is 5.36. The van der Waals surface area contributed by atoms with Gasteiger partial charge in [-0.15, -0.1) is 11.3 Å². The number of halogens is 1. The first-order chi connectivity index (χ1) is 14.5. The van der Waals surface area contributed by atoms with E-state index in [0.717, 1.165) is 6.07 Å². The van der Waals surface area contributed by atoms with Crippen molar-refractivity contribution in [2.45, 2.75) is 0 Å². The quantitative estimate of drug-likeness (QED) is 0.478. The maximum Gasteiger partial charge on any atom is 0.339 e. The van der Waals surface area contributed by atoms with E-state index in [4.69, 9.17) is 4.74 Å². The van der Waals surface area contributed by atoms with Crippen LogP contribution < -0.4 is 10.9 Å². The molecule has 0 aliphatic rings. The highest BCUT2D eigenvalue weighted by atomic mass is 32.1. The fourth-order valence-electron chi connectivity index (χ4n) is 2.82. The number of amides is 1. The molecule has 0 fully saturated rings. The number of aromatic nitrogens is 2. The van der Waals surface area contributed by atoms with E-state index >= 15 is 0 Å². The van der Waals surface area contributed by atoms with Crippen molar-refractivity contribution in [2.24, 2.45) is 0 Å². The number of carbonyl (C=O) groups excluding carboxylic acids is 2. The molecule has 7 nitrogen and oxygen atoms in total. The van der Waals surface area contributed by atoms with Gasteiger partial charge in [-0.1, -0.05) is 18.2 Å². The van der Waals surface area contributed by atoms with Crippen LogP contribution in [0.15, 0.2) is 64.8 Å². The molecule has 0 saturated heterocycles. The Morgan fingerprint density at radius 3 is 2.70 bits per heavy atom. The highest BCUT2D eigenvalue weighted by molar-refractivity contribution is 7.14. The maximum atomic E-state index is 13.0. The molecule has 2 aromatic carbocycles. The smallest absolute Gasteiger partial charge is 0.339 e. The van der Waals surface area contributed by atoms with E-state index in [0.29, 0.717) is 27.3 Å². The number of benzene rings is 2. The number of nitrogens with one attached hydrogen (secondary N) is 2. The van der Waals surface area contributed by atoms with Gasteiger partial charge in [0.25, 0.3) is 5.91 Å². The molecule has 0 spiro atoms. The summed E-state index contributed by atoms with van der Waals surface area (Å²) in [6.45, 7) is -0.536. The Morgan fingerprint density at radius 2 is 1.90 bits per heavy atom. The van der Waals surface area contributed by atoms with Gasteiger partial charge in [-0.05, 0) is 30.3 Å². The van der Waals surface area contributed by atoms with Crippen LogP contribution in [-0.2, 0) is 9.53 Å². The van der Waals surface area contributed by atoms with Crippen LogP contribution in [0.1, 0.15) is 10.4 Å². The number of rotatable bonds is 5. The number of hydrogen-bond donors (Lipinski definition) is 2. The minimum absolute atomic E-state index is 0.0787. The van der Waals surface area contributed by atoms with Crippen LogP contribution in [0.3, 0.4) is 0 Å². The lowest BCUT2D eigenvalue weighted by Gasteiger charge is -2.07. The van der Waals surface area contributed by atoms with E-state index in [1.165, 1.54) is 23.5 Å². The lowest BCUT2D eigenvalue weighted by Crippen LogP contribution is -2.21. The van der Waals surface area contributed by atoms with Gasteiger partial charge in [0.05, 0.1) is 11.3 Å². The van der Waals surface area contributed by atoms with Crippen molar-refractivity contribution < 1.29 is 18.7 Å². The van der Waals surface area contributed by atoms with Crippen LogP contribution >= 0.6 is 11.3 Å². The molecule has 1 amide bonds. The number of thiazole rings is 1. The third-order valence-electron chi connectivity index (χ3n) is 4.20. The summed E-state index contributed by atoms with van der Waals surface area (Å²) in [5.41, 5.74) is 1.43. The molecule has 2 N–H and O–H groups in total. The fourth-order valence-corrected chi connectivity index (χ4v) is 3.56. The molecule has 0 radical (unpaired) electrons. The Bertz CT molecular complexity index is 1300. The average molecular weight is 423 g/mol. The second-order valence-electron chi connectivity index (χ2n) is 6.26. The van der Waals surface area contributed by atoms with E-state index < -0.39 is 24.0 Å². The van der Waals surface area contributed by atoms with Gasteiger partial charge in [0.2, 0.25) is 5.56 Å². The van der Waals surface area contributed by atoms with Gasteiger partial charge in [-0.25, -0.2) is 14.2 Å². The van der Waals surface area contributed by atoms with Crippen LogP contribution in [0, 0.1) is 5.82 Å².